The van der Waals surface area contributed by atoms with Crippen molar-refractivity contribution in [3.63, 3.8) is 0 Å². The summed E-state index contributed by atoms with van der Waals surface area (Å²) in [5, 5.41) is 6.92. The monoisotopic (exact) mass is 324 g/mol. The Morgan fingerprint density at radius 2 is 1.65 bits per heavy atom. The largest absolute Gasteiger partial charge is 0.444 e. The van der Waals surface area contributed by atoms with Crippen molar-refractivity contribution in [1.29, 1.82) is 0 Å². The van der Waals surface area contributed by atoms with Crippen LogP contribution in [0.3, 0.4) is 0 Å². The lowest BCUT2D eigenvalue weighted by Gasteiger charge is -2.36. The van der Waals surface area contributed by atoms with Gasteiger partial charge in [-0.3, -0.25) is 0 Å². The van der Waals surface area contributed by atoms with Gasteiger partial charge in [-0.2, -0.15) is 0 Å². The van der Waals surface area contributed by atoms with Crippen LogP contribution < -0.4 is 10.6 Å². The summed E-state index contributed by atoms with van der Waals surface area (Å²) < 4.78 is 5.35. The summed E-state index contributed by atoms with van der Waals surface area (Å²) in [7, 11) is 0. The summed E-state index contributed by atoms with van der Waals surface area (Å²) in [6.07, 6.45) is 11.0. The number of carbonyl (C=O) groups excluding carboxylic acids is 1. The third kappa shape index (κ3) is 6.70. The van der Waals surface area contributed by atoms with Gasteiger partial charge >= 0.3 is 6.09 Å². The summed E-state index contributed by atoms with van der Waals surface area (Å²) in [6.45, 7) is 8.03. The number of rotatable bonds is 4. The molecule has 0 aromatic rings. The van der Waals surface area contributed by atoms with Gasteiger partial charge in [0, 0.05) is 18.1 Å². The van der Waals surface area contributed by atoms with Crippen LogP contribution in [0.5, 0.6) is 0 Å². The van der Waals surface area contributed by atoms with E-state index in [2.05, 4.69) is 17.6 Å². The van der Waals surface area contributed by atoms with Crippen molar-refractivity contribution >= 4 is 6.09 Å². The van der Waals surface area contributed by atoms with Gasteiger partial charge in [0.25, 0.3) is 0 Å². The molecule has 2 rings (SSSR count). The highest BCUT2D eigenvalue weighted by atomic mass is 16.6. The highest BCUT2D eigenvalue weighted by molar-refractivity contribution is 5.68. The predicted octanol–water partition coefficient (Wildman–Crippen LogP) is 4.38. The molecule has 1 amide bonds. The Balaban J connectivity index is 1.66. The molecule has 2 saturated carbocycles. The summed E-state index contributed by atoms with van der Waals surface area (Å²) in [5.74, 6) is 0.923. The Kier molecular flexibility index (Phi) is 6.75. The summed E-state index contributed by atoms with van der Waals surface area (Å²) >= 11 is 0. The summed E-state index contributed by atoms with van der Waals surface area (Å²) in [6, 6.07) is 1.62. The molecular weight excluding hydrogens is 288 g/mol. The minimum absolute atomic E-state index is 0.271. The van der Waals surface area contributed by atoms with E-state index in [0.29, 0.717) is 12.1 Å². The fraction of sp³-hybridized carbons (Fsp3) is 0.947. The van der Waals surface area contributed by atoms with E-state index < -0.39 is 5.60 Å². The molecule has 134 valence electrons. The minimum Gasteiger partial charge on any atom is -0.444 e. The molecular formula is C19H36N2O2. The second-order valence-electron chi connectivity index (χ2n) is 8.50. The van der Waals surface area contributed by atoms with E-state index in [1.165, 1.54) is 32.1 Å². The molecule has 0 aromatic heterocycles. The first-order valence-corrected chi connectivity index (χ1v) is 9.61. The van der Waals surface area contributed by atoms with Crippen LogP contribution in [0.1, 0.15) is 85.5 Å². The Hall–Kier alpha value is -0.770. The zero-order chi connectivity index (χ0) is 16.9. The molecule has 2 aliphatic carbocycles. The van der Waals surface area contributed by atoms with Gasteiger partial charge in [-0.05, 0) is 65.2 Å². The van der Waals surface area contributed by atoms with Crippen molar-refractivity contribution in [2.75, 3.05) is 0 Å². The number of nitrogens with one attached hydrogen (secondary N) is 2. The van der Waals surface area contributed by atoms with Gasteiger partial charge in [0.2, 0.25) is 0 Å². The van der Waals surface area contributed by atoms with Gasteiger partial charge in [0.1, 0.15) is 5.60 Å². The Labute approximate surface area is 142 Å². The van der Waals surface area contributed by atoms with E-state index in [0.717, 1.165) is 31.6 Å². The van der Waals surface area contributed by atoms with Crippen LogP contribution in [0.2, 0.25) is 0 Å². The summed E-state index contributed by atoms with van der Waals surface area (Å²) in [5.41, 5.74) is -0.417. The van der Waals surface area contributed by atoms with E-state index in [4.69, 9.17) is 4.74 Å². The molecule has 0 aromatic carbocycles. The molecule has 2 aliphatic rings. The molecule has 0 saturated heterocycles. The molecule has 4 heteroatoms. The molecule has 2 unspecified atom stereocenters. The van der Waals surface area contributed by atoms with Crippen LogP contribution in [0.4, 0.5) is 4.79 Å². The molecule has 0 radical (unpaired) electrons. The van der Waals surface area contributed by atoms with Crippen LogP contribution in [-0.2, 0) is 4.74 Å². The molecule has 0 bridgehead atoms. The third-order valence-electron chi connectivity index (χ3n) is 5.28. The van der Waals surface area contributed by atoms with Crippen LogP contribution in [0.15, 0.2) is 0 Å². The van der Waals surface area contributed by atoms with Crippen molar-refractivity contribution in [1.82, 2.24) is 10.6 Å². The van der Waals surface area contributed by atoms with E-state index in [9.17, 15) is 4.79 Å². The highest BCUT2D eigenvalue weighted by Gasteiger charge is 2.27. The van der Waals surface area contributed by atoms with E-state index in [1.807, 2.05) is 20.8 Å². The molecule has 0 spiro atoms. The van der Waals surface area contributed by atoms with Gasteiger partial charge < -0.3 is 15.4 Å². The van der Waals surface area contributed by atoms with Crippen LogP contribution in [0.25, 0.3) is 0 Å². The Bertz CT molecular complexity index is 370. The van der Waals surface area contributed by atoms with Gasteiger partial charge in [0.05, 0.1) is 0 Å². The number of alkyl carbamates (subject to hydrolysis) is 1. The third-order valence-corrected chi connectivity index (χ3v) is 5.28. The lowest BCUT2D eigenvalue weighted by atomic mass is 9.83. The maximum atomic E-state index is 11.8. The lowest BCUT2D eigenvalue weighted by Crippen LogP contribution is -2.47. The number of hydrogen-bond acceptors (Lipinski definition) is 3. The minimum atomic E-state index is -0.417. The molecule has 2 fully saturated rings. The van der Waals surface area contributed by atoms with Gasteiger partial charge in [-0.1, -0.05) is 26.2 Å². The second-order valence-corrected chi connectivity index (χ2v) is 8.50. The van der Waals surface area contributed by atoms with Crippen LogP contribution >= 0.6 is 0 Å². The van der Waals surface area contributed by atoms with Crippen molar-refractivity contribution in [3.8, 4) is 0 Å². The normalized spacial score (nSPS) is 32.3. The molecule has 23 heavy (non-hydrogen) atoms. The standard InChI is InChI=1S/C19H36N2O2/c1-5-14-7-6-8-17(13-14)20-15-9-11-16(12-10-15)21-18(22)23-19(2,3)4/h14-17,20H,5-13H2,1-4H3,(H,21,22). The molecule has 4 nitrogen and oxygen atoms in total. The first-order chi connectivity index (χ1) is 10.9. The van der Waals surface area contributed by atoms with Gasteiger partial charge in [-0.25, -0.2) is 4.79 Å². The van der Waals surface area contributed by atoms with Gasteiger partial charge in [-0.15, -0.1) is 0 Å². The van der Waals surface area contributed by atoms with Crippen molar-refractivity contribution in [2.45, 2.75) is 109 Å². The quantitative estimate of drug-likeness (QED) is 0.807. The maximum absolute atomic E-state index is 11.8. The van der Waals surface area contributed by atoms with Crippen LogP contribution in [-0.4, -0.2) is 29.8 Å². The molecule has 2 N–H and O–H groups in total. The number of hydrogen-bond donors (Lipinski definition) is 2. The van der Waals surface area contributed by atoms with Crippen molar-refractivity contribution in [2.24, 2.45) is 5.92 Å². The SMILES string of the molecule is CCC1CCCC(NC2CCC(NC(=O)OC(C)(C)C)CC2)C1. The maximum Gasteiger partial charge on any atom is 0.407 e. The van der Waals surface area contributed by atoms with Crippen molar-refractivity contribution < 1.29 is 9.53 Å². The first-order valence-electron chi connectivity index (χ1n) is 9.61. The fourth-order valence-electron chi connectivity index (χ4n) is 4.03. The average Bonchev–Trinajstić information content (AvgIpc) is 2.47. The Morgan fingerprint density at radius 3 is 2.26 bits per heavy atom. The molecule has 0 aliphatic heterocycles. The zero-order valence-electron chi connectivity index (χ0n) is 15.5. The average molecular weight is 325 g/mol. The zero-order valence-corrected chi connectivity index (χ0v) is 15.5. The van der Waals surface area contributed by atoms with Crippen molar-refractivity contribution in [3.05, 3.63) is 0 Å². The summed E-state index contributed by atoms with van der Waals surface area (Å²) in [4.78, 5) is 11.8. The second kappa shape index (κ2) is 8.36. The fourth-order valence-corrected chi connectivity index (χ4v) is 4.03. The van der Waals surface area contributed by atoms with E-state index in [-0.39, 0.29) is 12.1 Å². The smallest absolute Gasteiger partial charge is 0.407 e. The van der Waals surface area contributed by atoms with E-state index >= 15 is 0 Å². The number of carbonyl (C=O) groups is 1. The predicted molar refractivity (Wildman–Crippen MR) is 94.6 cm³/mol. The Morgan fingerprint density at radius 1 is 1.00 bits per heavy atom. The van der Waals surface area contributed by atoms with E-state index in [1.54, 1.807) is 0 Å². The molecule has 2 atom stereocenters. The van der Waals surface area contributed by atoms with Crippen LogP contribution in [0, 0.1) is 5.92 Å². The van der Waals surface area contributed by atoms with Gasteiger partial charge in [0.15, 0.2) is 0 Å². The molecule has 0 heterocycles. The topological polar surface area (TPSA) is 50.4 Å². The lowest BCUT2D eigenvalue weighted by molar-refractivity contribution is 0.0488. The highest BCUT2D eigenvalue weighted by Crippen LogP contribution is 2.28. The number of ether oxygens (including phenoxy) is 1. The number of amides is 1. The first kappa shape index (κ1) is 18.6.